The first-order valence-electron chi connectivity index (χ1n) is 5.27. The van der Waals surface area contributed by atoms with Crippen molar-refractivity contribution in [3.63, 3.8) is 0 Å². The predicted octanol–water partition coefficient (Wildman–Crippen LogP) is -0.627. The van der Waals surface area contributed by atoms with Crippen LogP contribution >= 0.6 is 12.2 Å². The van der Waals surface area contributed by atoms with E-state index in [-0.39, 0.29) is 30.6 Å². The Balaban J connectivity index is 1.94. The molecule has 1 amide bonds. The van der Waals surface area contributed by atoms with E-state index in [9.17, 15) is 9.59 Å². The summed E-state index contributed by atoms with van der Waals surface area (Å²) in [5.41, 5.74) is 0.906. The van der Waals surface area contributed by atoms with Crippen molar-refractivity contribution in [2.75, 3.05) is 6.61 Å². The van der Waals surface area contributed by atoms with Crippen molar-refractivity contribution >= 4 is 29.2 Å². The maximum atomic E-state index is 11.8. The van der Waals surface area contributed by atoms with Crippen LogP contribution < -0.4 is 16.0 Å². The van der Waals surface area contributed by atoms with Gasteiger partial charge in [0.15, 0.2) is 5.11 Å². The van der Waals surface area contributed by atoms with E-state index in [0.29, 0.717) is 11.5 Å². The summed E-state index contributed by atoms with van der Waals surface area (Å²) in [6, 6.07) is 0. The van der Waals surface area contributed by atoms with E-state index in [1.807, 2.05) is 0 Å². The monoisotopic (exact) mass is 255 g/mol. The number of esters is 1. The number of ether oxygens (including phenoxy) is 1. The Morgan fingerprint density at radius 2 is 2.35 bits per heavy atom. The van der Waals surface area contributed by atoms with Crippen LogP contribution in [-0.4, -0.2) is 29.8 Å². The lowest BCUT2D eigenvalue weighted by Crippen LogP contribution is -2.60. The first-order valence-corrected chi connectivity index (χ1v) is 5.68. The molecule has 2 unspecified atom stereocenters. The minimum atomic E-state index is -0.319. The first kappa shape index (κ1) is 11.8. The molecule has 2 atom stereocenters. The van der Waals surface area contributed by atoms with Crippen molar-refractivity contribution in [2.45, 2.75) is 19.5 Å². The minimum Gasteiger partial charge on any atom is -0.466 e. The van der Waals surface area contributed by atoms with Crippen LogP contribution in [0.1, 0.15) is 13.3 Å². The van der Waals surface area contributed by atoms with Gasteiger partial charge in [-0.1, -0.05) is 0 Å². The lowest BCUT2D eigenvalue weighted by atomic mass is 9.95. The van der Waals surface area contributed by atoms with Gasteiger partial charge >= 0.3 is 5.97 Å². The van der Waals surface area contributed by atoms with Gasteiger partial charge in [0.2, 0.25) is 5.91 Å². The summed E-state index contributed by atoms with van der Waals surface area (Å²) >= 11 is 4.89. The second-order valence-electron chi connectivity index (χ2n) is 3.89. The largest absolute Gasteiger partial charge is 0.466 e. The molecule has 2 aliphatic heterocycles. The SMILES string of the molecule is CC(=O)OCCC1=CNC2NC(=S)NC(=O)C12. The minimum absolute atomic E-state index is 0.127. The highest BCUT2D eigenvalue weighted by molar-refractivity contribution is 7.80. The van der Waals surface area contributed by atoms with Crippen LogP contribution in [0.5, 0.6) is 0 Å². The van der Waals surface area contributed by atoms with E-state index in [1.165, 1.54) is 6.92 Å². The third kappa shape index (κ3) is 2.55. The standard InChI is InChI=1S/C10H13N3O3S/c1-5(14)16-3-2-6-4-11-8-7(6)9(15)13-10(17)12-8/h4,7-8,11H,2-3H2,1H3,(H2,12,13,15,17). The molecule has 1 saturated heterocycles. The third-order valence-electron chi connectivity index (χ3n) is 2.68. The molecule has 0 spiro atoms. The van der Waals surface area contributed by atoms with Crippen molar-refractivity contribution < 1.29 is 14.3 Å². The van der Waals surface area contributed by atoms with Gasteiger partial charge in [0.05, 0.1) is 12.5 Å². The fourth-order valence-corrected chi connectivity index (χ4v) is 2.18. The second-order valence-corrected chi connectivity index (χ2v) is 4.30. The van der Waals surface area contributed by atoms with Crippen LogP contribution in [0.25, 0.3) is 0 Å². The summed E-state index contributed by atoms with van der Waals surface area (Å²) in [6.45, 7) is 1.64. The Morgan fingerprint density at radius 1 is 1.59 bits per heavy atom. The zero-order chi connectivity index (χ0) is 12.4. The van der Waals surface area contributed by atoms with Gasteiger partial charge in [0.25, 0.3) is 0 Å². The molecule has 6 nitrogen and oxygen atoms in total. The molecule has 0 bridgehead atoms. The average Bonchev–Trinajstić information content (AvgIpc) is 2.60. The Morgan fingerprint density at radius 3 is 3.06 bits per heavy atom. The first-order chi connectivity index (χ1) is 8.08. The number of hydrogen-bond acceptors (Lipinski definition) is 5. The number of carbonyl (C=O) groups is 2. The van der Waals surface area contributed by atoms with Crippen molar-refractivity contribution in [1.82, 2.24) is 16.0 Å². The maximum Gasteiger partial charge on any atom is 0.302 e. The number of rotatable bonds is 3. The van der Waals surface area contributed by atoms with E-state index in [1.54, 1.807) is 6.20 Å². The van der Waals surface area contributed by atoms with Crippen molar-refractivity contribution in [3.8, 4) is 0 Å². The summed E-state index contributed by atoms with van der Waals surface area (Å²) in [4.78, 5) is 22.4. The van der Waals surface area contributed by atoms with Crippen LogP contribution in [0, 0.1) is 5.92 Å². The summed E-state index contributed by atoms with van der Waals surface area (Å²) in [6.07, 6.45) is 2.12. The van der Waals surface area contributed by atoms with Gasteiger partial charge in [0.1, 0.15) is 6.17 Å². The summed E-state index contributed by atoms with van der Waals surface area (Å²) in [5.74, 6) is -0.740. The van der Waals surface area contributed by atoms with E-state index in [2.05, 4.69) is 16.0 Å². The smallest absolute Gasteiger partial charge is 0.302 e. The molecule has 0 aromatic carbocycles. The van der Waals surface area contributed by atoms with Crippen LogP contribution in [0.4, 0.5) is 0 Å². The quantitative estimate of drug-likeness (QED) is 0.460. The third-order valence-corrected chi connectivity index (χ3v) is 2.90. The van der Waals surface area contributed by atoms with Crippen LogP contribution in [0.3, 0.4) is 0 Å². The highest BCUT2D eigenvalue weighted by Gasteiger charge is 2.39. The fraction of sp³-hybridized carbons (Fsp3) is 0.500. The van der Waals surface area contributed by atoms with Gasteiger partial charge in [-0.2, -0.15) is 0 Å². The second kappa shape index (κ2) is 4.70. The van der Waals surface area contributed by atoms with Gasteiger partial charge in [-0.3, -0.25) is 9.59 Å². The van der Waals surface area contributed by atoms with Gasteiger partial charge in [-0.15, -0.1) is 0 Å². The topological polar surface area (TPSA) is 79.5 Å². The zero-order valence-corrected chi connectivity index (χ0v) is 10.1. The predicted molar refractivity (Wildman–Crippen MR) is 63.6 cm³/mol. The Hall–Kier alpha value is -1.63. The number of carbonyl (C=O) groups excluding carboxylic acids is 2. The molecular weight excluding hydrogens is 242 g/mol. The Bertz CT molecular complexity index is 408. The number of thiocarbonyl (C=S) groups is 1. The summed E-state index contributed by atoms with van der Waals surface area (Å²) in [7, 11) is 0. The number of fused-ring (bicyclic) bond motifs is 1. The maximum absolute atomic E-state index is 11.8. The molecule has 2 rings (SSSR count). The molecule has 0 saturated carbocycles. The molecule has 0 aromatic heterocycles. The van der Waals surface area contributed by atoms with Gasteiger partial charge < -0.3 is 20.7 Å². The van der Waals surface area contributed by atoms with Crippen LogP contribution in [-0.2, 0) is 14.3 Å². The van der Waals surface area contributed by atoms with Crippen molar-refractivity contribution in [3.05, 3.63) is 11.8 Å². The van der Waals surface area contributed by atoms with E-state index < -0.39 is 0 Å². The summed E-state index contributed by atoms with van der Waals surface area (Å²) in [5, 5.41) is 8.92. The van der Waals surface area contributed by atoms with Crippen LogP contribution in [0.2, 0.25) is 0 Å². The van der Waals surface area contributed by atoms with Gasteiger partial charge in [-0.25, -0.2) is 0 Å². The van der Waals surface area contributed by atoms with Crippen LogP contribution in [0.15, 0.2) is 11.8 Å². The molecule has 0 radical (unpaired) electrons. The molecule has 2 heterocycles. The molecule has 7 heteroatoms. The molecule has 92 valence electrons. The Kier molecular flexibility index (Phi) is 3.28. The average molecular weight is 255 g/mol. The normalized spacial score (nSPS) is 26.3. The molecular formula is C10H13N3O3S. The van der Waals surface area contributed by atoms with Gasteiger partial charge in [0, 0.05) is 13.3 Å². The highest BCUT2D eigenvalue weighted by atomic mass is 32.1. The highest BCUT2D eigenvalue weighted by Crippen LogP contribution is 2.24. The number of amides is 1. The molecule has 2 aliphatic rings. The lowest BCUT2D eigenvalue weighted by Gasteiger charge is -2.29. The molecule has 0 aliphatic carbocycles. The fourth-order valence-electron chi connectivity index (χ4n) is 1.95. The van der Waals surface area contributed by atoms with E-state index >= 15 is 0 Å². The molecule has 17 heavy (non-hydrogen) atoms. The number of nitrogens with one attached hydrogen (secondary N) is 3. The Labute approximate surface area is 104 Å². The molecule has 3 N–H and O–H groups in total. The summed E-state index contributed by atoms with van der Waals surface area (Å²) < 4.78 is 4.85. The lowest BCUT2D eigenvalue weighted by molar-refractivity contribution is -0.140. The molecule has 1 fully saturated rings. The van der Waals surface area contributed by atoms with Gasteiger partial charge in [-0.05, 0) is 24.0 Å². The number of hydrogen-bond donors (Lipinski definition) is 3. The molecule has 0 aromatic rings. The van der Waals surface area contributed by atoms with Crippen molar-refractivity contribution in [1.29, 1.82) is 0 Å². The zero-order valence-electron chi connectivity index (χ0n) is 9.28. The van der Waals surface area contributed by atoms with E-state index in [0.717, 1.165) is 5.57 Å². The van der Waals surface area contributed by atoms with E-state index in [4.69, 9.17) is 17.0 Å². The van der Waals surface area contributed by atoms with Crippen molar-refractivity contribution in [2.24, 2.45) is 5.92 Å².